The SMILES string of the molecule is CC1(C)c2ccccc2-c2ccc(-n3c4ccc(-c5ccc6c(c5)c5ccncc5n6-c5ccccc5)cc4c4nccnc43)cc21. The molecule has 0 saturated heterocycles. The molecule has 5 nitrogen and oxygen atoms in total. The van der Waals surface area contributed by atoms with Crippen LogP contribution in [0.25, 0.3) is 77.5 Å². The Balaban J connectivity index is 1.15. The summed E-state index contributed by atoms with van der Waals surface area (Å²) in [4.78, 5) is 14.2. The van der Waals surface area contributed by atoms with Gasteiger partial charge < -0.3 is 4.57 Å². The van der Waals surface area contributed by atoms with Crippen molar-refractivity contribution in [2.24, 2.45) is 0 Å². The van der Waals surface area contributed by atoms with Gasteiger partial charge >= 0.3 is 0 Å². The van der Waals surface area contributed by atoms with Crippen molar-refractivity contribution in [2.75, 3.05) is 0 Å². The Morgan fingerprint density at radius 3 is 2.09 bits per heavy atom. The average Bonchev–Trinajstić information content (AvgIpc) is 3.71. The van der Waals surface area contributed by atoms with Crippen LogP contribution in [0.5, 0.6) is 0 Å². The van der Waals surface area contributed by atoms with Crippen molar-refractivity contribution in [1.82, 2.24) is 24.1 Å². The molecule has 0 amide bonds. The molecule has 10 rings (SSSR count). The molecule has 5 aromatic carbocycles. The summed E-state index contributed by atoms with van der Waals surface area (Å²) in [5.41, 5.74) is 14.9. The van der Waals surface area contributed by atoms with Gasteiger partial charge in [-0.25, -0.2) is 4.98 Å². The fraction of sp³-hybridized carbons (Fsp3) is 0.0714. The third-order valence-electron chi connectivity index (χ3n) is 10.1. The number of aromatic nitrogens is 5. The van der Waals surface area contributed by atoms with Crippen LogP contribution in [0.4, 0.5) is 0 Å². The summed E-state index contributed by atoms with van der Waals surface area (Å²) in [6.07, 6.45) is 7.42. The molecular formula is C42H29N5. The molecular weight excluding hydrogens is 574 g/mol. The van der Waals surface area contributed by atoms with Gasteiger partial charge in [-0.1, -0.05) is 74.5 Å². The minimum Gasteiger partial charge on any atom is -0.308 e. The van der Waals surface area contributed by atoms with Crippen LogP contribution in [0.2, 0.25) is 0 Å². The number of rotatable bonds is 3. The maximum absolute atomic E-state index is 4.86. The van der Waals surface area contributed by atoms with Crippen molar-refractivity contribution in [1.29, 1.82) is 0 Å². The predicted octanol–water partition coefficient (Wildman–Crippen LogP) is 10.0. The van der Waals surface area contributed by atoms with Crippen molar-refractivity contribution >= 4 is 43.9 Å². The fourth-order valence-corrected chi connectivity index (χ4v) is 7.89. The Labute approximate surface area is 271 Å². The van der Waals surface area contributed by atoms with Gasteiger partial charge in [-0.05, 0) is 88.0 Å². The average molecular weight is 604 g/mol. The van der Waals surface area contributed by atoms with Gasteiger partial charge in [0.2, 0.25) is 0 Å². The summed E-state index contributed by atoms with van der Waals surface area (Å²) in [6.45, 7) is 4.65. The smallest absolute Gasteiger partial charge is 0.164 e. The second-order valence-corrected chi connectivity index (χ2v) is 13.0. The summed E-state index contributed by atoms with van der Waals surface area (Å²) in [6, 6.07) is 41.7. The number of pyridine rings is 1. The molecule has 222 valence electrons. The highest BCUT2D eigenvalue weighted by Gasteiger charge is 2.35. The van der Waals surface area contributed by atoms with E-state index < -0.39 is 0 Å². The van der Waals surface area contributed by atoms with Crippen molar-refractivity contribution in [2.45, 2.75) is 19.3 Å². The van der Waals surface area contributed by atoms with E-state index >= 15 is 0 Å². The molecule has 0 fully saturated rings. The molecule has 0 atom stereocenters. The van der Waals surface area contributed by atoms with Gasteiger partial charge in [0.25, 0.3) is 0 Å². The molecule has 1 aliphatic carbocycles. The first kappa shape index (κ1) is 26.2. The highest BCUT2D eigenvalue weighted by Crippen LogP contribution is 2.49. The first-order chi connectivity index (χ1) is 23.1. The van der Waals surface area contributed by atoms with Gasteiger partial charge in [-0.3, -0.25) is 14.5 Å². The van der Waals surface area contributed by atoms with Crippen LogP contribution in [0.3, 0.4) is 0 Å². The number of hydrogen-bond donors (Lipinski definition) is 0. The van der Waals surface area contributed by atoms with E-state index in [2.05, 4.69) is 143 Å². The van der Waals surface area contributed by atoms with Crippen LogP contribution < -0.4 is 0 Å². The summed E-state index contributed by atoms with van der Waals surface area (Å²) in [7, 11) is 0. The molecule has 4 heterocycles. The van der Waals surface area contributed by atoms with E-state index in [0.717, 1.165) is 55.6 Å². The Morgan fingerprint density at radius 1 is 0.511 bits per heavy atom. The van der Waals surface area contributed by atoms with Gasteiger partial charge in [0, 0.05) is 51.5 Å². The standard InChI is InChI=1S/C42H29N5/c1-42(2)35-11-7-6-10-30(35)31-15-14-29(24-36(31)42)47-38-17-13-27(23-34(38)40-41(47)45-21-20-44-40)26-12-16-37-33(22-26)32-18-19-43-25-39(32)46(37)28-8-4-3-5-9-28/h3-25H,1-2H3. The molecule has 0 bridgehead atoms. The fourth-order valence-electron chi connectivity index (χ4n) is 7.89. The van der Waals surface area contributed by atoms with Crippen LogP contribution in [0, 0.1) is 0 Å². The lowest BCUT2D eigenvalue weighted by molar-refractivity contribution is 0.660. The Hall–Kier alpha value is -6.07. The maximum Gasteiger partial charge on any atom is 0.164 e. The molecule has 0 saturated carbocycles. The number of benzene rings is 5. The number of hydrogen-bond acceptors (Lipinski definition) is 3. The van der Waals surface area contributed by atoms with Crippen LogP contribution in [-0.4, -0.2) is 24.1 Å². The normalized spacial score (nSPS) is 13.5. The molecule has 0 aliphatic heterocycles. The first-order valence-electron chi connectivity index (χ1n) is 16.0. The van der Waals surface area contributed by atoms with E-state index in [1.807, 2.05) is 12.4 Å². The number of fused-ring (bicyclic) bond motifs is 9. The highest BCUT2D eigenvalue weighted by molar-refractivity contribution is 6.11. The molecule has 1 aliphatic rings. The molecule has 4 aromatic heterocycles. The van der Waals surface area contributed by atoms with Crippen LogP contribution >= 0.6 is 0 Å². The topological polar surface area (TPSA) is 48.5 Å². The van der Waals surface area contributed by atoms with Crippen molar-refractivity contribution in [3.05, 3.63) is 151 Å². The van der Waals surface area contributed by atoms with Gasteiger partial charge in [-0.2, -0.15) is 0 Å². The van der Waals surface area contributed by atoms with E-state index in [4.69, 9.17) is 9.97 Å². The molecule has 5 heteroatoms. The van der Waals surface area contributed by atoms with Crippen molar-refractivity contribution in [3.8, 4) is 33.6 Å². The zero-order valence-corrected chi connectivity index (χ0v) is 26.0. The Kier molecular flexibility index (Phi) is 5.28. The summed E-state index contributed by atoms with van der Waals surface area (Å²) in [5.74, 6) is 0. The minimum absolute atomic E-state index is 0.0854. The Bertz CT molecular complexity index is 2710. The minimum atomic E-state index is -0.0854. The molecule has 47 heavy (non-hydrogen) atoms. The predicted molar refractivity (Wildman–Crippen MR) is 192 cm³/mol. The lowest BCUT2D eigenvalue weighted by Crippen LogP contribution is -2.15. The van der Waals surface area contributed by atoms with E-state index in [1.54, 1.807) is 12.4 Å². The van der Waals surface area contributed by atoms with Crippen LogP contribution in [-0.2, 0) is 5.41 Å². The van der Waals surface area contributed by atoms with Crippen LogP contribution in [0.15, 0.2) is 140 Å². The van der Waals surface area contributed by atoms with Gasteiger partial charge in [-0.15, -0.1) is 0 Å². The summed E-state index contributed by atoms with van der Waals surface area (Å²) >= 11 is 0. The highest BCUT2D eigenvalue weighted by atomic mass is 15.1. The third kappa shape index (κ3) is 3.62. The Morgan fingerprint density at radius 2 is 1.23 bits per heavy atom. The zero-order chi connectivity index (χ0) is 31.3. The van der Waals surface area contributed by atoms with Crippen LogP contribution in [0.1, 0.15) is 25.0 Å². The van der Waals surface area contributed by atoms with E-state index in [-0.39, 0.29) is 5.41 Å². The lowest BCUT2D eigenvalue weighted by atomic mass is 9.82. The van der Waals surface area contributed by atoms with Crippen molar-refractivity contribution in [3.63, 3.8) is 0 Å². The first-order valence-corrected chi connectivity index (χ1v) is 16.0. The molecule has 0 N–H and O–H groups in total. The van der Waals surface area contributed by atoms with E-state index in [9.17, 15) is 0 Å². The van der Waals surface area contributed by atoms with Gasteiger partial charge in [0.15, 0.2) is 5.65 Å². The van der Waals surface area contributed by atoms with Crippen molar-refractivity contribution < 1.29 is 0 Å². The number of para-hydroxylation sites is 1. The number of nitrogens with zero attached hydrogens (tertiary/aromatic N) is 5. The van der Waals surface area contributed by atoms with Gasteiger partial charge in [0.05, 0.1) is 22.7 Å². The molecule has 0 spiro atoms. The third-order valence-corrected chi connectivity index (χ3v) is 10.1. The molecule has 0 unspecified atom stereocenters. The largest absolute Gasteiger partial charge is 0.308 e. The molecule has 9 aromatic rings. The van der Waals surface area contributed by atoms with E-state index in [0.29, 0.717) is 0 Å². The zero-order valence-electron chi connectivity index (χ0n) is 26.0. The summed E-state index contributed by atoms with van der Waals surface area (Å²) in [5, 5.41) is 3.48. The second-order valence-electron chi connectivity index (χ2n) is 13.0. The lowest BCUT2D eigenvalue weighted by Gasteiger charge is -2.22. The van der Waals surface area contributed by atoms with Gasteiger partial charge in [0.1, 0.15) is 5.52 Å². The summed E-state index contributed by atoms with van der Waals surface area (Å²) < 4.78 is 4.56. The maximum atomic E-state index is 4.86. The quantitative estimate of drug-likeness (QED) is 0.202. The monoisotopic (exact) mass is 603 g/mol. The second kappa shape index (κ2) is 9.47. The molecule has 0 radical (unpaired) electrons. The van der Waals surface area contributed by atoms with E-state index in [1.165, 1.54) is 33.0 Å².